The molecule has 0 aromatic rings. The average Bonchev–Trinajstić information content (AvgIpc) is 2.22. The normalized spacial score (nSPS) is 15.5. The van der Waals surface area contributed by atoms with E-state index in [0.717, 1.165) is 13.0 Å². The minimum Gasteiger partial charge on any atom is -0.469 e. The summed E-state index contributed by atoms with van der Waals surface area (Å²) in [5.74, 6) is -0.187. The Morgan fingerprint density at radius 2 is 1.80 bits per heavy atom. The number of carbonyl (C=O) groups excluding carboxylic acids is 1. The van der Waals surface area contributed by atoms with Gasteiger partial charge in [-0.1, -0.05) is 13.8 Å². The number of hydrogen-bond acceptors (Lipinski definition) is 3. The van der Waals surface area contributed by atoms with Crippen molar-refractivity contribution in [2.24, 2.45) is 5.92 Å². The molecule has 0 saturated carbocycles. The fraction of sp³-hybridized carbons (Fsp3) is 0.917. The van der Waals surface area contributed by atoms with Crippen molar-refractivity contribution in [3.05, 3.63) is 0 Å². The summed E-state index contributed by atoms with van der Waals surface area (Å²) in [4.78, 5) is 13.8. The molecule has 0 aliphatic carbocycles. The SMILES string of the molecule is CCCN(C(C)C)C(C)C(C)C(=O)OC. The first kappa shape index (κ1) is 14.4. The van der Waals surface area contributed by atoms with Crippen LogP contribution in [0.15, 0.2) is 0 Å². The van der Waals surface area contributed by atoms with Gasteiger partial charge in [0.1, 0.15) is 0 Å². The molecule has 3 nitrogen and oxygen atoms in total. The zero-order valence-corrected chi connectivity index (χ0v) is 10.9. The van der Waals surface area contributed by atoms with E-state index in [1.807, 2.05) is 6.92 Å². The molecule has 0 bridgehead atoms. The third-order valence-corrected chi connectivity index (χ3v) is 2.96. The summed E-state index contributed by atoms with van der Waals surface area (Å²) >= 11 is 0. The Kier molecular flexibility index (Phi) is 6.57. The van der Waals surface area contributed by atoms with Crippen molar-refractivity contribution in [3.8, 4) is 0 Å². The maximum absolute atomic E-state index is 11.4. The highest BCUT2D eigenvalue weighted by Gasteiger charge is 2.27. The standard InChI is InChI=1S/C12H25NO2/c1-7-8-13(9(2)3)11(5)10(4)12(14)15-6/h9-11H,7-8H2,1-6H3. The van der Waals surface area contributed by atoms with Crippen LogP contribution < -0.4 is 0 Å². The van der Waals surface area contributed by atoms with Crippen molar-refractivity contribution in [1.29, 1.82) is 0 Å². The first-order valence-electron chi connectivity index (χ1n) is 5.79. The van der Waals surface area contributed by atoms with Gasteiger partial charge in [-0.05, 0) is 33.7 Å². The lowest BCUT2D eigenvalue weighted by Gasteiger charge is -2.35. The van der Waals surface area contributed by atoms with E-state index in [4.69, 9.17) is 4.74 Å². The van der Waals surface area contributed by atoms with Crippen LogP contribution in [0.2, 0.25) is 0 Å². The molecule has 0 amide bonds. The summed E-state index contributed by atoms with van der Waals surface area (Å²) in [6, 6.07) is 0.699. The molecular weight excluding hydrogens is 190 g/mol. The lowest BCUT2D eigenvalue weighted by atomic mass is 10.0. The number of esters is 1. The zero-order valence-electron chi connectivity index (χ0n) is 10.9. The van der Waals surface area contributed by atoms with Gasteiger partial charge in [0, 0.05) is 12.1 Å². The summed E-state index contributed by atoms with van der Waals surface area (Å²) in [6.45, 7) is 11.5. The summed E-state index contributed by atoms with van der Waals surface area (Å²) < 4.78 is 4.78. The number of nitrogens with zero attached hydrogens (tertiary/aromatic N) is 1. The molecule has 0 spiro atoms. The van der Waals surface area contributed by atoms with Gasteiger partial charge in [-0.3, -0.25) is 9.69 Å². The Balaban J connectivity index is 4.47. The van der Waals surface area contributed by atoms with E-state index >= 15 is 0 Å². The molecule has 0 rings (SSSR count). The Morgan fingerprint density at radius 1 is 1.27 bits per heavy atom. The molecule has 0 radical (unpaired) electrons. The smallest absolute Gasteiger partial charge is 0.309 e. The molecule has 90 valence electrons. The Bertz CT molecular complexity index is 192. The Hall–Kier alpha value is -0.570. The van der Waals surface area contributed by atoms with Crippen LogP contribution in [0.4, 0.5) is 0 Å². The molecule has 0 aromatic carbocycles. The lowest BCUT2D eigenvalue weighted by Crippen LogP contribution is -2.45. The van der Waals surface area contributed by atoms with Gasteiger partial charge in [-0.25, -0.2) is 0 Å². The molecule has 15 heavy (non-hydrogen) atoms. The van der Waals surface area contributed by atoms with Crippen LogP contribution in [0.3, 0.4) is 0 Å². The van der Waals surface area contributed by atoms with Gasteiger partial charge < -0.3 is 4.74 Å². The second-order valence-corrected chi connectivity index (χ2v) is 4.38. The maximum Gasteiger partial charge on any atom is 0.309 e. The fourth-order valence-corrected chi connectivity index (χ4v) is 1.86. The van der Waals surface area contributed by atoms with Crippen LogP contribution in [-0.4, -0.2) is 36.6 Å². The van der Waals surface area contributed by atoms with Crippen LogP contribution in [0.25, 0.3) is 0 Å². The third-order valence-electron chi connectivity index (χ3n) is 2.96. The van der Waals surface area contributed by atoms with Gasteiger partial charge in [0.25, 0.3) is 0 Å². The summed E-state index contributed by atoms with van der Waals surface area (Å²) in [6.07, 6.45) is 1.11. The topological polar surface area (TPSA) is 29.5 Å². The average molecular weight is 215 g/mol. The van der Waals surface area contributed by atoms with E-state index in [2.05, 4.69) is 32.6 Å². The van der Waals surface area contributed by atoms with Crippen LogP contribution in [0, 0.1) is 5.92 Å². The summed E-state index contributed by atoms with van der Waals surface area (Å²) in [5, 5.41) is 0. The van der Waals surface area contributed by atoms with Gasteiger partial charge in [0.2, 0.25) is 0 Å². The van der Waals surface area contributed by atoms with Crippen molar-refractivity contribution >= 4 is 5.97 Å². The zero-order chi connectivity index (χ0) is 12.0. The third kappa shape index (κ3) is 4.20. The van der Waals surface area contributed by atoms with Gasteiger partial charge in [0.15, 0.2) is 0 Å². The number of rotatable bonds is 6. The lowest BCUT2D eigenvalue weighted by molar-refractivity contribution is -0.147. The highest BCUT2D eigenvalue weighted by molar-refractivity contribution is 5.72. The minimum absolute atomic E-state index is 0.0658. The van der Waals surface area contributed by atoms with E-state index in [1.54, 1.807) is 0 Å². The first-order valence-corrected chi connectivity index (χ1v) is 5.79. The maximum atomic E-state index is 11.4. The number of hydrogen-bond donors (Lipinski definition) is 0. The van der Waals surface area contributed by atoms with Crippen molar-refractivity contribution in [2.45, 2.75) is 53.1 Å². The second kappa shape index (κ2) is 6.83. The molecule has 0 saturated heterocycles. The monoisotopic (exact) mass is 215 g/mol. The Labute approximate surface area is 93.8 Å². The van der Waals surface area contributed by atoms with Crippen LogP contribution in [0.5, 0.6) is 0 Å². The quantitative estimate of drug-likeness (QED) is 0.637. The number of carbonyl (C=O) groups is 1. The van der Waals surface area contributed by atoms with Gasteiger partial charge in [-0.15, -0.1) is 0 Å². The van der Waals surface area contributed by atoms with Crippen LogP contribution >= 0.6 is 0 Å². The van der Waals surface area contributed by atoms with E-state index < -0.39 is 0 Å². The molecule has 0 heterocycles. The van der Waals surface area contributed by atoms with Gasteiger partial charge >= 0.3 is 5.97 Å². The summed E-state index contributed by atoms with van der Waals surface area (Å²) in [5.41, 5.74) is 0. The Morgan fingerprint density at radius 3 is 2.13 bits per heavy atom. The van der Waals surface area contributed by atoms with E-state index in [9.17, 15) is 4.79 Å². The second-order valence-electron chi connectivity index (χ2n) is 4.38. The number of methoxy groups -OCH3 is 1. The van der Waals surface area contributed by atoms with Crippen LogP contribution in [-0.2, 0) is 9.53 Å². The van der Waals surface area contributed by atoms with E-state index in [-0.39, 0.29) is 17.9 Å². The molecule has 0 aliphatic rings. The van der Waals surface area contributed by atoms with E-state index in [1.165, 1.54) is 7.11 Å². The first-order chi connectivity index (χ1) is 6.95. The molecule has 3 heteroatoms. The summed E-state index contributed by atoms with van der Waals surface area (Å²) in [7, 11) is 1.45. The molecule has 2 atom stereocenters. The molecular formula is C12H25NO2. The van der Waals surface area contributed by atoms with Crippen molar-refractivity contribution < 1.29 is 9.53 Å². The molecule has 0 N–H and O–H groups in total. The highest BCUT2D eigenvalue weighted by Crippen LogP contribution is 2.15. The van der Waals surface area contributed by atoms with Crippen molar-refractivity contribution in [2.75, 3.05) is 13.7 Å². The minimum atomic E-state index is -0.121. The van der Waals surface area contributed by atoms with Gasteiger partial charge in [-0.2, -0.15) is 0 Å². The van der Waals surface area contributed by atoms with Crippen molar-refractivity contribution in [3.63, 3.8) is 0 Å². The van der Waals surface area contributed by atoms with Gasteiger partial charge in [0.05, 0.1) is 13.0 Å². The fourth-order valence-electron chi connectivity index (χ4n) is 1.86. The molecule has 0 fully saturated rings. The largest absolute Gasteiger partial charge is 0.469 e. The van der Waals surface area contributed by atoms with Crippen molar-refractivity contribution in [1.82, 2.24) is 4.90 Å². The highest BCUT2D eigenvalue weighted by atomic mass is 16.5. The molecule has 0 aromatic heterocycles. The number of ether oxygens (including phenoxy) is 1. The van der Waals surface area contributed by atoms with Crippen LogP contribution in [0.1, 0.15) is 41.0 Å². The predicted molar refractivity (Wildman–Crippen MR) is 62.8 cm³/mol. The molecule has 2 unspecified atom stereocenters. The molecule has 0 aliphatic heterocycles. The predicted octanol–water partition coefficient (Wildman–Crippen LogP) is 2.30. The van der Waals surface area contributed by atoms with E-state index in [0.29, 0.717) is 6.04 Å².